The van der Waals surface area contributed by atoms with E-state index in [2.05, 4.69) is 16.0 Å². The number of para-hydroxylation sites is 1. The van der Waals surface area contributed by atoms with Crippen molar-refractivity contribution < 1.29 is 23.9 Å². The molecule has 0 spiro atoms. The number of nitrogens with one attached hydrogen (secondary N) is 3. The molecule has 1 aliphatic heterocycles. The number of nitrogens with zero attached hydrogens (tertiary/aromatic N) is 1. The molecule has 0 radical (unpaired) electrons. The average molecular weight is 689 g/mol. The van der Waals surface area contributed by atoms with Gasteiger partial charge in [-0.1, -0.05) is 54.6 Å². The molecule has 0 aliphatic carbocycles. The molecule has 1 atom stereocenters. The minimum atomic E-state index is -0.649. The zero-order valence-corrected chi connectivity index (χ0v) is 28.9. The normalized spacial score (nSPS) is 13.1. The van der Waals surface area contributed by atoms with Crippen molar-refractivity contribution >= 4 is 74.8 Å². The number of benzene rings is 3. The smallest absolute Gasteiger partial charge is 0.410 e. The zero-order valence-electron chi connectivity index (χ0n) is 26.5. The number of hydrogen-bond donors (Lipinski definition) is 3. The number of hydrogen-bond acceptors (Lipinski definition) is 8. The molecule has 0 fully saturated rings. The maximum Gasteiger partial charge on any atom is 0.410 e. The summed E-state index contributed by atoms with van der Waals surface area (Å²) in [5.74, 6) is -0.833. The number of thiophene rings is 1. The Morgan fingerprint density at radius 3 is 2.26 bits per heavy atom. The number of methoxy groups -OCH3 is 1. The van der Waals surface area contributed by atoms with Gasteiger partial charge in [-0.05, 0) is 80.9 Å². The second kappa shape index (κ2) is 15.0. The SMILES string of the molecule is COC(=O)c1c(NC(=O)C(Sc2cccc(NC(=S)Nc3ccccc3)c2)c2ccccc2)sc2c1CCN(C(=O)OC(C)(C)C)C2. The van der Waals surface area contributed by atoms with E-state index in [9.17, 15) is 14.4 Å². The number of carbonyl (C=O) groups excluding carboxylic acids is 3. The number of thiocarbonyl (C=S) groups is 1. The van der Waals surface area contributed by atoms with Gasteiger partial charge in [-0.15, -0.1) is 23.1 Å². The quantitative estimate of drug-likeness (QED) is 0.0961. The second-order valence-electron chi connectivity index (χ2n) is 11.7. The molecule has 0 saturated heterocycles. The van der Waals surface area contributed by atoms with Gasteiger partial charge in [-0.3, -0.25) is 4.79 Å². The highest BCUT2D eigenvalue weighted by Crippen LogP contribution is 2.41. The van der Waals surface area contributed by atoms with Crippen LogP contribution in [0.5, 0.6) is 0 Å². The Balaban J connectivity index is 1.37. The van der Waals surface area contributed by atoms with Crippen molar-refractivity contribution in [1.82, 2.24) is 4.90 Å². The lowest BCUT2D eigenvalue weighted by molar-refractivity contribution is -0.115. The van der Waals surface area contributed by atoms with Crippen LogP contribution in [0, 0.1) is 0 Å². The Bertz CT molecular complexity index is 1760. The van der Waals surface area contributed by atoms with Crippen LogP contribution in [-0.2, 0) is 27.2 Å². The molecule has 9 nitrogen and oxygen atoms in total. The lowest BCUT2D eigenvalue weighted by atomic mass is 10.0. The number of amides is 2. The van der Waals surface area contributed by atoms with Crippen molar-refractivity contribution in [2.45, 2.75) is 49.5 Å². The zero-order chi connectivity index (χ0) is 33.6. The fourth-order valence-corrected chi connectivity index (χ4v) is 7.54. The van der Waals surface area contributed by atoms with Crippen molar-refractivity contribution in [2.24, 2.45) is 0 Å². The maximum absolute atomic E-state index is 14.1. The molecular weight excluding hydrogens is 653 g/mol. The first-order valence-electron chi connectivity index (χ1n) is 15.0. The first-order chi connectivity index (χ1) is 22.5. The van der Waals surface area contributed by atoms with E-state index in [0.717, 1.165) is 32.3 Å². The highest BCUT2D eigenvalue weighted by atomic mass is 32.2. The summed E-state index contributed by atoms with van der Waals surface area (Å²) in [6, 6.07) is 26.8. The van der Waals surface area contributed by atoms with Crippen molar-refractivity contribution in [1.29, 1.82) is 0 Å². The van der Waals surface area contributed by atoms with Gasteiger partial charge in [-0.25, -0.2) is 9.59 Å². The molecule has 3 aromatic carbocycles. The Kier molecular flexibility index (Phi) is 10.8. The molecule has 3 N–H and O–H groups in total. The Morgan fingerprint density at radius 2 is 1.57 bits per heavy atom. The number of ether oxygens (including phenoxy) is 2. The highest BCUT2D eigenvalue weighted by molar-refractivity contribution is 8.00. The highest BCUT2D eigenvalue weighted by Gasteiger charge is 2.33. The van der Waals surface area contributed by atoms with Crippen LogP contribution in [0.4, 0.5) is 21.2 Å². The van der Waals surface area contributed by atoms with Crippen molar-refractivity contribution in [3.63, 3.8) is 0 Å². The van der Waals surface area contributed by atoms with E-state index in [4.69, 9.17) is 21.7 Å². The fraction of sp³-hybridized carbons (Fsp3) is 0.257. The van der Waals surface area contributed by atoms with E-state index in [1.54, 1.807) is 4.90 Å². The molecule has 0 saturated carbocycles. The van der Waals surface area contributed by atoms with Crippen molar-refractivity contribution in [3.05, 3.63) is 106 Å². The molecule has 5 rings (SSSR count). The predicted octanol–water partition coefficient (Wildman–Crippen LogP) is 8.11. The number of esters is 1. The van der Waals surface area contributed by atoms with Gasteiger partial charge in [0, 0.05) is 27.7 Å². The standard InChI is InChI=1S/C35H36N4O5S3/c1-35(2,3)44-34(42)39-19-18-26-27(21-39)47-31(28(26)32(41)43-4)38-30(40)29(22-12-7-5-8-13-22)46-25-17-11-16-24(20-25)37-33(45)36-23-14-9-6-10-15-23/h5-17,20,29H,18-19,21H2,1-4H3,(H,38,40)(H2,36,37,45). The Morgan fingerprint density at radius 1 is 0.915 bits per heavy atom. The third kappa shape index (κ3) is 8.91. The lowest BCUT2D eigenvalue weighted by Gasteiger charge is -2.30. The van der Waals surface area contributed by atoms with Gasteiger partial charge >= 0.3 is 12.1 Å². The van der Waals surface area contributed by atoms with E-state index in [1.807, 2.05) is 106 Å². The first-order valence-corrected chi connectivity index (χ1v) is 17.1. The van der Waals surface area contributed by atoms with Crippen LogP contribution >= 0.6 is 35.3 Å². The van der Waals surface area contributed by atoms with Gasteiger partial charge < -0.3 is 30.3 Å². The number of thioether (sulfide) groups is 1. The van der Waals surface area contributed by atoms with Crippen LogP contribution < -0.4 is 16.0 Å². The van der Waals surface area contributed by atoms with Crippen LogP contribution in [0.25, 0.3) is 0 Å². The van der Waals surface area contributed by atoms with E-state index in [-0.39, 0.29) is 12.5 Å². The van der Waals surface area contributed by atoms with Crippen LogP contribution in [0.3, 0.4) is 0 Å². The molecule has 2 amide bonds. The molecule has 1 aromatic heterocycles. The summed E-state index contributed by atoms with van der Waals surface area (Å²) >= 11 is 8.17. The second-order valence-corrected chi connectivity index (χ2v) is 14.4. The third-order valence-electron chi connectivity index (χ3n) is 7.05. The van der Waals surface area contributed by atoms with E-state index in [0.29, 0.717) is 28.6 Å². The van der Waals surface area contributed by atoms with E-state index >= 15 is 0 Å². The summed E-state index contributed by atoms with van der Waals surface area (Å²) in [6.07, 6.45) is 0.0128. The molecule has 1 unspecified atom stereocenters. The number of fused-ring (bicyclic) bond motifs is 1. The molecule has 12 heteroatoms. The fourth-order valence-electron chi connectivity index (χ4n) is 4.97. The van der Waals surface area contributed by atoms with Gasteiger partial charge in [0.25, 0.3) is 0 Å². The van der Waals surface area contributed by atoms with Crippen LogP contribution in [0.15, 0.2) is 89.8 Å². The maximum atomic E-state index is 14.1. The summed E-state index contributed by atoms with van der Waals surface area (Å²) in [7, 11) is 1.32. The average Bonchev–Trinajstić information content (AvgIpc) is 3.40. The molecule has 1 aliphatic rings. The molecule has 0 bridgehead atoms. The van der Waals surface area contributed by atoms with E-state index in [1.165, 1.54) is 30.2 Å². The van der Waals surface area contributed by atoms with Crippen LogP contribution in [-0.4, -0.2) is 47.2 Å². The van der Waals surface area contributed by atoms with Crippen LogP contribution in [0.1, 0.15) is 52.4 Å². The molecule has 4 aromatic rings. The van der Waals surface area contributed by atoms with Gasteiger partial charge in [0.2, 0.25) is 5.91 Å². The molecular formula is C35H36N4O5S3. The minimum Gasteiger partial charge on any atom is -0.465 e. The minimum absolute atomic E-state index is 0.270. The number of carbonyl (C=O) groups is 3. The Labute approximate surface area is 288 Å². The monoisotopic (exact) mass is 688 g/mol. The molecule has 47 heavy (non-hydrogen) atoms. The van der Waals surface area contributed by atoms with E-state index < -0.39 is 22.9 Å². The van der Waals surface area contributed by atoms with Gasteiger partial charge in [0.05, 0.1) is 19.2 Å². The van der Waals surface area contributed by atoms with Crippen molar-refractivity contribution in [3.8, 4) is 0 Å². The van der Waals surface area contributed by atoms with Gasteiger partial charge in [0.15, 0.2) is 5.11 Å². The summed E-state index contributed by atoms with van der Waals surface area (Å²) < 4.78 is 10.7. The Hall–Kier alpha value is -4.39. The number of rotatable bonds is 8. The van der Waals surface area contributed by atoms with Gasteiger partial charge in [0.1, 0.15) is 15.9 Å². The van der Waals surface area contributed by atoms with Crippen molar-refractivity contribution in [2.75, 3.05) is 29.6 Å². The summed E-state index contributed by atoms with van der Waals surface area (Å²) in [5, 5.41) is 9.60. The van der Waals surface area contributed by atoms with Gasteiger partial charge in [-0.2, -0.15) is 0 Å². The summed E-state index contributed by atoms with van der Waals surface area (Å²) in [5.41, 5.74) is 2.91. The third-order valence-corrected chi connectivity index (χ3v) is 9.64. The molecule has 244 valence electrons. The first kappa shape index (κ1) is 34.0. The molecule has 2 heterocycles. The van der Waals surface area contributed by atoms with Crippen LogP contribution in [0.2, 0.25) is 0 Å². The topological polar surface area (TPSA) is 109 Å². The largest absolute Gasteiger partial charge is 0.465 e. The number of anilines is 3. The predicted molar refractivity (Wildman–Crippen MR) is 192 cm³/mol. The summed E-state index contributed by atoms with van der Waals surface area (Å²) in [4.78, 5) is 43.2. The summed E-state index contributed by atoms with van der Waals surface area (Å²) in [6.45, 7) is 6.11. The lowest BCUT2D eigenvalue weighted by Crippen LogP contribution is -2.39.